The largest absolute Gasteiger partial charge is 0.336 e. The number of rotatable bonds is 3. The van der Waals surface area contributed by atoms with Crippen molar-refractivity contribution in [1.29, 1.82) is 0 Å². The van der Waals surface area contributed by atoms with Crippen LogP contribution in [-0.2, 0) is 0 Å². The van der Waals surface area contributed by atoms with Crippen molar-refractivity contribution in [3.8, 4) is 0 Å². The molecule has 1 aromatic rings. The number of hydrogen-bond donors (Lipinski definition) is 1. The zero-order valence-corrected chi connectivity index (χ0v) is 11.3. The Hall–Kier alpha value is -1.49. The Kier molecular flexibility index (Phi) is 3.46. The number of carbonyl (C=O) groups excluding carboxylic acids is 1. The summed E-state index contributed by atoms with van der Waals surface area (Å²) in [6.45, 7) is 1.61. The zero-order chi connectivity index (χ0) is 13.2. The summed E-state index contributed by atoms with van der Waals surface area (Å²) in [4.78, 5) is 23.1. The molecule has 1 aromatic heterocycles. The minimum atomic E-state index is 0.0456. The number of aromatic nitrogens is 2. The molecule has 1 amide bonds. The van der Waals surface area contributed by atoms with Gasteiger partial charge in [0.25, 0.3) is 5.91 Å². The lowest BCUT2D eigenvalue weighted by molar-refractivity contribution is 0.0691. The summed E-state index contributed by atoms with van der Waals surface area (Å²) < 4.78 is 0. The monoisotopic (exact) mass is 260 g/mol. The third-order valence-corrected chi connectivity index (χ3v) is 3.95. The van der Waals surface area contributed by atoms with Crippen LogP contribution in [0.2, 0.25) is 0 Å². The standard InChI is InChI=1S/C14H20N4O/c1-15-11-3-2-8-18(9-11)14(19)12-6-7-16-13(17-12)10-4-5-10/h6-7,10-11,15H,2-5,8-9H2,1H3. The van der Waals surface area contributed by atoms with Gasteiger partial charge < -0.3 is 10.2 Å². The maximum atomic E-state index is 12.5. The van der Waals surface area contributed by atoms with Gasteiger partial charge in [-0.05, 0) is 38.8 Å². The van der Waals surface area contributed by atoms with E-state index in [9.17, 15) is 4.79 Å². The highest BCUT2D eigenvalue weighted by Gasteiger charge is 2.29. The lowest BCUT2D eigenvalue weighted by atomic mass is 10.1. The minimum Gasteiger partial charge on any atom is -0.336 e. The predicted molar refractivity (Wildman–Crippen MR) is 72.0 cm³/mol. The lowest BCUT2D eigenvalue weighted by Gasteiger charge is -2.32. The van der Waals surface area contributed by atoms with Gasteiger partial charge >= 0.3 is 0 Å². The Morgan fingerprint density at radius 1 is 1.42 bits per heavy atom. The summed E-state index contributed by atoms with van der Waals surface area (Å²) in [6, 6.07) is 2.14. The molecule has 1 aliphatic carbocycles. The Bertz CT molecular complexity index is 472. The van der Waals surface area contributed by atoms with Crippen LogP contribution in [0.1, 0.15) is 47.9 Å². The summed E-state index contributed by atoms with van der Waals surface area (Å²) in [5, 5.41) is 3.25. The van der Waals surface area contributed by atoms with Crippen molar-refractivity contribution < 1.29 is 4.79 Å². The van der Waals surface area contributed by atoms with Crippen molar-refractivity contribution in [2.24, 2.45) is 0 Å². The molecule has 2 fully saturated rings. The number of amides is 1. The number of hydrogen-bond acceptors (Lipinski definition) is 4. The number of nitrogens with zero attached hydrogens (tertiary/aromatic N) is 3. The topological polar surface area (TPSA) is 58.1 Å². The molecule has 0 radical (unpaired) electrons. The third kappa shape index (κ3) is 2.76. The van der Waals surface area contributed by atoms with Gasteiger partial charge in [-0.15, -0.1) is 0 Å². The molecule has 3 rings (SSSR count). The van der Waals surface area contributed by atoms with E-state index in [1.165, 1.54) is 0 Å². The maximum absolute atomic E-state index is 12.5. The van der Waals surface area contributed by atoms with Gasteiger partial charge in [0, 0.05) is 31.2 Å². The third-order valence-electron chi connectivity index (χ3n) is 3.95. The molecule has 2 aliphatic rings. The summed E-state index contributed by atoms with van der Waals surface area (Å²) in [7, 11) is 1.95. The van der Waals surface area contributed by atoms with E-state index in [2.05, 4.69) is 15.3 Å². The van der Waals surface area contributed by atoms with Crippen LogP contribution < -0.4 is 5.32 Å². The van der Waals surface area contributed by atoms with Gasteiger partial charge in [-0.3, -0.25) is 4.79 Å². The van der Waals surface area contributed by atoms with Gasteiger partial charge in [0.15, 0.2) is 0 Å². The van der Waals surface area contributed by atoms with Crippen LogP contribution in [0.3, 0.4) is 0 Å². The molecule has 2 heterocycles. The van der Waals surface area contributed by atoms with E-state index in [1.807, 2.05) is 11.9 Å². The molecule has 1 N–H and O–H groups in total. The summed E-state index contributed by atoms with van der Waals surface area (Å²) in [6.07, 6.45) is 6.22. The van der Waals surface area contributed by atoms with Crippen molar-refractivity contribution in [3.05, 3.63) is 23.8 Å². The smallest absolute Gasteiger partial charge is 0.272 e. The Morgan fingerprint density at radius 2 is 2.26 bits per heavy atom. The van der Waals surface area contributed by atoms with Gasteiger partial charge in [-0.2, -0.15) is 0 Å². The first-order chi connectivity index (χ1) is 9.28. The van der Waals surface area contributed by atoms with E-state index in [4.69, 9.17) is 0 Å². The average Bonchev–Trinajstić information content (AvgIpc) is 3.31. The van der Waals surface area contributed by atoms with Crippen LogP contribution >= 0.6 is 0 Å². The van der Waals surface area contributed by atoms with Crippen LogP contribution in [-0.4, -0.2) is 47.0 Å². The van der Waals surface area contributed by atoms with Crippen molar-refractivity contribution >= 4 is 5.91 Å². The SMILES string of the molecule is CNC1CCCN(C(=O)c2ccnc(C3CC3)n2)C1. The Morgan fingerprint density at radius 3 is 3.00 bits per heavy atom. The first-order valence-electron chi connectivity index (χ1n) is 7.07. The molecule has 5 nitrogen and oxygen atoms in total. The summed E-state index contributed by atoms with van der Waals surface area (Å²) in [5.74, 6) is 1.37. The molecular formula is C14H20N4O. The van der Waals surface area contributed by atoms with Crippen LogP contribution in [0.4, 0.5) is 0 Å². The predicted octanol–water partition coefficient (Wildman–Crippen LogP) is 1.18. The summed E-state index contributed by atoms with van der Waals surface area (Å²) in [5.41, 5.74) is 0.550. The first kappa shape index (κ1) is 12.5. The van der Waals surface area contributed by atoms with Crippen molar-refractivity contribution in [2.75, 3.05) is 20.1 Å². The second-order valence-electron chi connectivity index (χ2n) is 5.45. The molecule has 5 heteroatoms. The first-order valence-corrected chi connectivity index (χ1v) is 7.07. The molecule has 1 aliphatic heterocycles. The van der Waals surface area contributed by atoms with Crippen molar-refractivity contribution in [3.63, 3.8) is 0 Å². The maximum Gasteiger partial charge on any atom is 0.272 e. The van der Waals surface area contributed by atoms with Gasteiger partial charge in [-0.1, -0.05) is 0 Å². The van der Waals surface area contributed by atoms with E-state index < -0.39 is 0 Å². The normalized spacial score (nSPS) is 23.4. The van der Waals surface area contributed by atoms with Gasteiger partial charge in [0.1, 0.15) is 11.5 Å². The number of nitrogens with one attached hydrogen (secondary N) is 1. The molecule has 0 spiro atoms. The fourth-order valence-corrected chi connectivity index (χ4v) is 2.59. The van der Waals surface area contributed by atoms with Crippen LogP contribution in [0, 0.1) is 0 Å². The Balaban J connectivity index is 1.73. The highest BCUT2D eigenvalue weighted by atomic mass is 16.2. The van der Waals surface area contributed by atoms with Crippen molar-refractivity contribution in [2.45, 2.75) is 37.6 Å². The quantitative estimate of drug-likeness (QED) is 0.886. The zero-order valence-electron chi connectivity index (χ0n) is 11.3. The summed E-state index contributed by atoms with van der Waals surface area (Å²) >= 11 is 0. The second kappa shape index (κ2) is 5.25. The van der Waals surface area contributed by atoms with Gasteiger partial charge in [-0.25, -0.2) is 9.97 Å². The van der Waals surface area contributed by atoms with Crippen LogP contribution in [0.5, 0.6) is 0 Å². The molecule has 19 heavy (non-hydrogen) atoms. The van der Waals surface area contributed by atoms with E-state index in [-0.39, 0.29) is 5.91 Å². The molecule has 0 aromatic carbocycles. The number of likely N-dealkylation sites (N-methyl/N-ethyl adjacent to an activating group) is 1. The van der Waals surface area contributed by atoms with E-state index in [0.29, 0.717) is 17.7 Å². The van der Waals surface area contributed by atoms with E-state index >= 15 is 0 Å². The average molecular weight is 260 g/mol. The molecule has 102 valence electrons. The highest BCUT2D eigenvalue weighted by molar-refractivity contribution is 5.92. The molecule has 1 atom stereocenters. The minimum absolute atomic E-state index is 0.0456. The second-order valence-corrected chi connectivity index (χ2v) is 5.45. The Labute approximate surface area is 113 Å². The van der Waals surface area contributed by atoms with Gasteiger partial charge in [0.2, 0.25) is 0 Å². The van der Waals surface area contributed by atoms with E-state index in [1.54, 1.807) is 12.3 Å². The molecule has 1 saturated heterocycles. The van der Waals surface area contributed by atoms with Crippen LogP contribution in [0.25, 0.3) is 0 Å². The number of likely N-dealkylation sites (tertiary alicyclic amines) is 1. The van der Waals surface area contributed by atoms with Crippen molar-refractivity contribution in [1.82, 2.24) is 20.2 Å². The lowest BCUT2D eigenvalue weighted by Crippen LogP contribution is -2.47. The van der Waals surface area contributed by atoms with Gasteiger partial charge in [0.05, 0.1) is 0 Å². The van der Waals surface area contributed by atoms with E-state index in [0.717, 1.165) is 44.6 Å². The fourth-order valence-electron chi connectivity index (χ4n) is 2.59. The fraction of sp³-hybridized carbons (Fsp3) is 0.643. The number of piperidine rings is 1. The molecule has 0 bridgehead atoms. The highest BCUT2D eigenvalue weighted by Crippen LogP contribution is 2.37. The molecule has 1 saturated carbocycles. The number of carbonyl (C=O) groups is 1. The van der Waals surface area contributed by atoms with Crippen LogP contribution in [0.15, 0.2) is 12.3 Å². The molecule has 1 unspecified atom stereocenters. The molecular weight excluding hydrogens is 240 g/mol.